The van der Waals surface area contributed by atoms with Crippen LogP contribution >= 0.6 is 0 Å². The first-order valence-corrected chi connectivity index (χ1v) is 7.35. The Hall–Kier alpha value is -1.43. The van der Waals surface area contributed by atoms with Gasteiger partial charge in [0.15, 0.2) is 0 Å². The van der Waals surface area contributed by atoms with Gasteiger partial charge in [0, 0.05) is 45.1 Å². The first-order valence-electron chi connectivity index (χ1n) is 7.35. The molecule has 0 bridgehead atoms. The van der Waals surface area contributed by atoms with Crippen LogP contribution in [0.3, 0.4) is 0 Å². The lowest BCUT2D eigenvalue weighted by atomic mass is 9.87. The first-order chi connectivity index (χ1) is 9.47. The predicted molar refractivity (Wildman–Crippen MR) is 79.4 cm³/mol. The van der Waals surface area contributed by atoms with E-state index in [1.807, 2.05) is 4.90 Å². The van der Waals surface area contributed by atoms with Gasteiger partial charge < -0.3 is 20.5 Å². The summed E-state index contributed by atoms with van der Waals surface area (Å²) in [6.07, 6.45) is 1.21. The lowest BCUT2D eigenvalue weighted by Gasteiger charge is -2.35. The van der Waals surface area contributed by atoms with Crippen LogP contribution in [0.15, 0.2) is 0 Å². The highest BCUT2D eigenvalue weighted by molar-refractivity contribution is 6.39. The molecule has 0 aromatic carbocycles. The van der Waals surface area contributed by atoms with Gasteiger partial charge in [-0.15, -0.1) is 0 Å². The van der Waals surface area contributed by atoms with Crippen LogP contribution in [0.25, 0.3) is 0 Å². The molecule has 3 N–H and O–H groups in total. The molecule has 20 heavy (non-hydrogen) atoms. The lowest BCUT2D eigenvalue weighted by molar-refractivity contribution is -0.127. The van der Waals surface area contributed by atoms with E-state index in [1.54, 1.807) is 0 Å². The number of piperidine rings is 1. The maximum absolute atomic E-state index is 11.8. The van der Waals surface area contributed by atoms with Gasteiger partial charge in [0.2, 0.25) is 5.91 Å². The van der Waals surface area contributed by atoms with E-state index in [-0.39, 0.29) is 11.8 Å². The normalized spacial score (nSPS) is 28.1. The zero-order chi connectivity index (χ0) is 14.7. The van der Waals surface area contributed by atoms with Gasteiger partial charge in [0.1, 0.15) is 5.84 Å². The van der Waals surface area contributed by atoms with E-state index in [0.717, 1.165) is 39.1 Å². The van der Waals surface area contributed by atoms with Gasteiger partial charge in [-0.2, -0.15) is 0 Å². The number of piperazine rings is 1. The number of amides is 1. The van der Waals surface area contributed by atoms with Crippen molar-refractivity contribution in [3.63, 3.8) is 0 Å². The molecule has 1 unspecified atom stereocenters. The number of likely N-dealkylation sites (N-methyl/N-ethyl adjacent to an activating group) is 1. The summed E-state index contributed by atoms with van der Waals surface area (Å²) in [6, 6.07) is 0. The number of hydrogen-bond acceptors (Lipinski definition) is 4. The molecule has 1 amide bonds. The molecule has 2 saturated heterocycles. The van der Waals surface area contributed by atoms with Crippen molar-refractivity contribution in [1.29, 1.82) is 10.8 Å². The van der Waals surface area contributed by atoms with Crippen LogP contribution in [-0.2, 0) is 4.79 Å². The van der Waals surface area contributed by atoms with E-state index in [0.29, 0.717) is 23.9 Å². The molecule has 2 fully saturated rings. The minimum absolute atomic E-state index is 0.0408. The summed E-state index contributed by atoms with van der Waals surface area (Å²) >= 11 is 0. The molecule has 6 nitrogen and oxygen atoms in total. The van der Waals surface area contributed by atoms with Crippen LogP contribution in [0.1, 0.15) is 19.8 Å². The van der Waals surface area contributed by atoms with E-state index in [9.17, 15) is 4.79 Å². The van der Waals surface area contributed by atoms with Crippen molar-refractivity contribution in [2.75, 3.05) is 39.8 Å². The van der Waals surface area contributed by atoms with E-state index in [4.69, 9.17) is 10.8 Å². The Labute approximate surface area is 120 Å². The Morgan fingerprint density at radius 3 is 2.60 bits per heavy atom. The fraction of sp³-hybridized carbons (Fsp3) is 0.786. The summed E-state index contributed by atoms with van der Waals surface area (Å²) in [5.41, 5.74) is 0.295. The van der Waals surface area contributed by atoms with Crippen LogP contribution in [0, 0.1) is 22.7 Å². The number of nitrogens with zero attached hydrogens (tertiary/aromatic N) is 2. The lowest BCUT2D eigenvalue weighted by Crippen LogP contribution is -2.49. The first kappa shape index (κ1) is 15.0. The molecule has 0 aliphatic carbocycles. The molecule has 2 atom stereocenters. The Morgan fingerprint density at radius 1 is 1.30 bits per heavy atom. The molecule has 0 aromatic heterocycles. The van der Waals surface area contributed by atoms with Crippen LogP contribution in [0.5, 0.6) is 0 Å². The summed E-state index contributed by atoms with van der Waals surface area (Å²) < 4.78 is 0. The second kappa shape index (κ2) is 6.35. The summed E-state index contributed by atoms with van der Waals surface area (Å²) in [5.74, 6) is 0.658. The summed E-state index contributed by atoms with van der Waals surface area (Å²) in [6.45, 7) is 6.30. The number of hydrogen-bond donors (Lipinski definition) is 3. The highest BCUT2D eigenvalue weighted by Crippen LogP contribution is 2.21. The van der Waals surface area contributed by atoms with Gasteiger partial charge in [-0.3, -0.25) is 10.2 Å². The summed E-state index contributed by atoms with van der Waals surface area (Å²) in [4.78, 5) is 16.0. The summed E-state index contributed by atoms with van der Waals surface area (Å²) in [5, 5.41) is 19.1. The molecule has 2 aliphatic heterocycles. The second-order valence-corrected chi connectivity index (χ2v) is 6.10. The standard InChI is InChI=1S/C14H25N5O/c1-10-7-11(14(20)17-9-10)8-12(15)13(16)19-5-3-18(2)4-6-19/h10-11,15-16H,3-9H2,1-2H3,(H,17,20)/t10?,11-/m1/s1. The van der Waals surface area contributed by atoms with Crippen molar-refractivity contribution in [2.24, 2.45) is 11.8 Å². The van der Waals surface area contributed by atoms with Crippen LogP contribution < -0.4 is 5.32 Å². The second-order valence-electron chi connectivity index (χ2n) is 6.10. The monoisotopic (exact) mass is 279 g/mol. The highest BCUT2D eigenvalue weighted by atomic mass is 16.1. The average Bonchev–Trinajstić information content (AvgIpc) is 2.43. The Morgan fingerprint density at radius 2 is 1.95 bits per heavy atom. The predicted octanol–water partition coefficient (Wildman–Crippen LogP) is 0.393. The summed E-state index contributed by atoms with van der Waals surface area (Å²) in [7, 11) is 2.07. The third kappa shape index (κ3) is 3.56. The SMILES string of the molecule is CC1CNC(=O)[C@@H](CC(=N)C(=N)N2CCN(C)CC2)C1. The van der Waals surface area contributed by atoms with E-state index in [2.05, 4.69) is 24.2 Å². The third-order valence-corrected chi connectivity index (χ3v) is 4.24. The number of amidine groups is 1. The van der Waals surface area contributed by atoms with Crippen molar-refractivity contribution in [2.45, 2.75) is 19.8 Å². The molecule has 112 valence electrons. The largest absolute Gasteiger partial charge is 0.356 e. The number of nitrogens with one attached hydrogen (secondary N) is 3. The Bertz CT molecular complexity index is 400. The molecule has 2 heterocycles. The van der Waals surface area contributed by atoms with Gasteiger partial charge in [0.25, 0.3) is 0 Å². The van der Waals surface area contributed by atoms with Crippen molar-refractivity contribution in [1.82, 2.24) is 15.1 Å². The molecule has 0 radical (unpaired) electrons. The van der Waals surface area contributed by atoms with E-state index < -0.39 is 0 Å². The topological polar surface area (TPSA) is 83.3 Å². The average molecular weight is 279 g/mol. The van der Waals surface area contributed by atoms with Crippen LogP contribution in [0.4, 0.5) is 0 Å². The van der Waals surface area contributed by atoms with E-state index >= 15 is 0 Å². The molecule has 0 saturated carbocycles. The van der Waals surface area contributed by atoms with Gasteiger partial charge >= 0.3 is 0 Å². The maximum atomic E-state index is 11.8. The van der Waals surface area contributed by atoms with Crippen molar-refractivity contribution < 1.29 is 4.79 Å². The maximum Gasteiger partial charge on any atom is 0.223 e. The quantitative estimate of drug-likeness (QED) is 0.516. The smallest absolute Gasteiger partial charge is 0.223 e. The number of carbonyl (C=O) groups excluding carboxylic acids is 1. The molecule has 2 rings (SSSR count). The number of rotatable bonds is 3. The molecular weight excluding hydrogens is 254 g/mol. The van der Waals surface area contributed by atoms with Crippen molar-refractivity contribution in [3.05, 3.63) is 0 Å². The van der Waals surface area contributed by atoms with Gasteiger partial charge in [-0.25, -0.2) is 0 Å². The Balaban J connectivity index is 1.87. The fourth-order valence-corrected chi connectivity index (χ4v) is 2.84. The minimum atomic E-state index is -0.140. The van der Waals surface area contributed by atoms with Gasteiger partial charge in [-0.05, 0) is 19.4 Å². The highest BCUT2D eigenvalue weighted by Gasteiger charge is 2.29. The molecule has 2 aliphatic rings. The molecule has 6 heteroatoms. The van der Waals surface area contributed by atoms with Crippen LogP contribution in [0.2, 0.25) is 0 Å². The Kier molecular flexibility index (Phi) is 4.75. The van der Waals surface area contributed by atoms with Gasteiger partial charge in [0.05, 0.1) is 5.71 Å². The molecular formula is C14H25N5O. The molecule has 0 aromatic rings. The van der Waals surface area contributed by atoms with Crippen molar-refractivity contribution >= 4 is 17.5 Å². The fourth-order valence-electron chi connectivity index (χ4n) is 2.84. The zero-order valence-corrected chi connectivity index (χ0v) is 12.4. The van der Waals surface area contributed by atoms with Crippen molar-refractivity contribution in [3.8, 4) is 0 Å². The molecule has 0 spiro atoms. The van der Waals surface area contributed by atoms with Gasteiger partial charge in [-0.1, -0.05) is 6.92 Å². The minimum Gasteiger partial charge on any atom is -0.356 e. The third-order valence-electron chi connectivity index (χ3n) is 4.24. The van der Waals surface area contributed by atoms with Crippen LogP contribution in [-0.4, -0.2) is 67.0 Å². The number of carbonyl (C=O) groups is 1. The van der Waals surface area contributed by atoms with E-state index in [1.165, 1.54) is 0 Å². The zero-order valence-electron chi connectivity index (χ0n) is 12.4.